The Morgan fingerprint density at radius 2 is 1.88 bits per heavy atom. The summed E-state index contributed by atoms with van der Waals surface area (Å²) in [5.41, 5.74) is 4.70. The highest BCUT2D eigenvalue weighted by Gasteiger charge is 2.17. The van der Waals surface area contributed by atoms with Crippen molar-refractivity contribution in [1.82, 2.24) is 15.1 Å². The fourth-order valence-corrected chi connectivity index (χ4v) is 3.44. The molecule has 0 unspecified atom stereocenters. The summed E-state index contributed by atoms with van der Waals surface area (Å²) in [7, 11) is 0. The van der Waals surface area contributed by atoms with Crippen LogP contribution in [0.25, 0.3) is 11.3 Å². The average Bonchev–Trinajstić information content (AvgIpc) is 2.77. The summed E-state index contributed by atoms with van der Waals surface area (Å²) in [5, 5.41) is 13.1. The molecule has 5 heteroatoms. The van der Waals surface area contributed by atoms with Crippen LogP contribution in [0.5, 0.6) is 0 Å². The molecule has 0 bridgehead atoms. The van der Waals surface area contributed by atoms with Crippen LogP contribution in [0.4, 0.5) is 5.82 Å². The van der Waals surface area contributed by atoms with E-state index in [-0.39, 0.29) is 0 Å². The monoisotopic (exact) mass is 344 g/mol. The number of benzene rings is 1. The molecule has 1 aliphatic rings. The van der Waals surface area contributed by atoms with Crippen molar-refractivity contribution in [2.75, 3.05) is 31.5 Å². The van der Waals surface area contributed by atoms with Crippen LogP contribution < -0.4 is 5.32 Å². The number of hydrogen-bond donors (Lipinski definition) is 1. The van der Waals surface area contributed by atoms with Gasteiger partial charge in [0.1, 0.15) is 5.82 Å². The molecule has 0 spiro atoms. The van der Waals surface area contributed by atoms with Crippen molar-refractivity contribution in [3.05, 3.63) is 40.4 Å². The van der Waals surface area contributed by atoms with Gasteiger partial charge in [0.15, 0.2) is 0 Å². The van der Waals surface area contributed by atoms with E-state index < -0.39 is 0 Å². The summed E-state index contributed by atoms with van der Waals surface area (Å²) >= 11 is 6.19. The smallest absolute Gasteiger partial charge is 0.149 e. The van der Waals surface area contributed by atoms with Gasteiger partial charge in [0.05, 0.1) is 5.69 Å². The molecule has 1 heterocycles. The number of nitrogens with one attached hydrogen (secondary N) is 1. The Morgan fingerprint density at radius 3 is 2.67 bits per heavy atom. The Labute approximate surface area is 149 Å². The van der Waals surface area contributed by atoms with Crippen LogP contribution in [0.15, 0.2) is 24.3 Å². The van der Waals surface area contributed by atoms with Crippen LogP contribution in [-0.4, -0.2) is 41.3 Å². The lowest BCUT2D eigenvalue weighted by Crippen LogP contribution is -2.28. The Bertz CT molecular complexity index is 698. The zero-order chi connectivity index (χ0) is 16.9. The summed E-state index contributed by atoms with van der Waals surface area (Å²) in [5.74, 6) is 0.867. The molecule has 0 amide bonds. The van der Waals surface area contributed by atoms with Gasteiger partial charge in [0.25, 0.3) is 0 Å². The number of aromatic nitrogens is 2. The van der Waals surface area contributed by atoms with E-state index in [1.807, 2.05) is 12.1 Å². The number of rotatable bonds is 6. The summed E-state index contributed by atoms with van der Waals surface area (Å²) in [4.78, 5) is 2.39. The molecule has 4 nitrogen and oxygen atoms in total. The van der Waals surface area contributed by atoms with Gasteiger partial charge in [-0.2, -0.15) is 0 Å². The van der Waals surface area contributed by atoms with Gasteiger partial charge in [-0.05, 0) is 61.7 Å². The molecule has 128 valence electrons. The van der Waals surface area contributed by atoms with Crippen LogP contribution in [0.3, 0.4) is 0 Å². The zero-order valence-electron chi connectivity index (χ0n) is 14.5. The Morgan fingerprint density at radius 1 is 1.08 bits per heavy atom. The highest BCUT2D eigenvalue weighted by molar-refractivity contribution is 6.30. The van der Waals surface area contributed by atoms with Crippen molar-refractivity contribution in [2.45, 2.75) is 33.1 Å². The van der Waals surface area contributed by atoms with Crippen LogP contribution in [-0.2, 0) is 12.8 Å². The lowest BCUT2D eigenvalue weighted by atomic mass is 10.0. The van der Waals surface area contributed by atoms with E-state index in [9.17, 15) is 0 Å². The van der Waals surface area contributed by atoms with Gasteiger partial charge >= 0.3 is 0 Å². The van der Waals surface area contributed by atoms with E-state index in [4.69, 9.17) is 11.6 Å². The molecule has 0 saturated carbocycles. The Kier molecular flexibility index (Phi) is 5.69. The molecule has 24 heavy (non-hydrogen) atoms. The second-order valence-corrected chi connectivity index (χ2v) is 6.65. The number of fused-ring (bicyclic) bond motifs is 3. The molecule has 0 aliphatic heterocycles. The number of hydrogen-bond acceptors (Lipinski definition) is 4. The van der Waals surface area contributed by atoms with Crippen molar-refractivity contribution in [1.29, 1.82) is 0 Å². The van der Waals surface area contributed by atoms with E-state index >= 15 is 0 Å². The van der Waals surface area contributed by atoms with E-state index in [0.29, 0.717) is 0 Å². The first-order chi connectivity index (χ1) is 11.7. The summed E-state index contributed by atoms with van der Waals surface area (Å²) in [6, 6.07) is 8.25. The van der Waals surface area contributed by atoms with Gasteiger partial charge in [-0.15, -0.1) is 10.2 Å². The fraction of sp³-hybridized carbons (Fsp3) is 0.474. The molecule has 0 saturated heterocycles. The van der Waals surface area contributed by atoms with Crippen molar-refractivity contribution in [2.24, 2.45) is 0 Å². The molecular weight excluding hydrogens is 320 g/mol. The predicted octanol–water partition coefficient (Wildman–Crippen LogP) is 4.04. The second-order valence-electron chi connectivity index (χ2n) is 6.21. The molecule has 1 aromatic carbocycles. The van der Waals surface area contributed by atoms with Gasteiger partial charge < -0.3 is 10.2 Å². The van der Waals surface area contributed by atoms with Gasteiger partial charge in [0.2, 0.25) is 0 Å². The zero-order valence-corrected chi connectivity index (χ0v) is 15.2. The van der Waals surface area contributed by atoms with Crippen molar-refractivity contribution >= 4 is 17.4 Å². The van der Waals surface area contributed by atoms with Crippen molar-refractivity contribution in [3.63, 3.8) is 0 Å². The largest absolute Gasteiger partial charge is 0.367 e. The normalized spacial score (nSPS) is 13.3. The molecule has 0 fully saturated rings. The predicted molar refractivity (Wildman–Crippen MR) is 101 cm³/mol. The maximum atomic E-state index is 6.19. The van der Waals surface area contributed by atoms with E-state index in [1.165, 1.54) is 11.1 Å². The Balaban J connectivity index is 1.78. The summed E-state index contributed by atoms with van der Waals surface area (Å²) in [6.07, 6.45) is 3.22. The molecule has 1 aromatic heterocycles. The third-order valence-corrected chi connectivity index (χ3v) is 4.96. The Hall–Kier alpha value is -1.65. The topological polar surface area (TPSA) is 41.0 Å². The van der Waals surface area contributed by atoms with Gasteiger partial charge in [-0.3, -0.25) is 0 Å². The quantitative estimate of drug-likeness (QED) is 0.858. The lowest BCUT2D eigenvalue weighted by molar-refractivity contribution is 0.316. The molecular formula is C19H25ClN4. The number of halogens is 1. The summed E-state index contributed by atoms with van der Waals surface area (Å²) < 4.78 is 0. The lowest BCUT2D eigenvalue weighted by Gasteiger charge is -2.18. The fourth-order valence-electron chi connectivity index (χ4n) is 3.27. The number of likely N-dealkylation sites (N-methyl/N-ethyl adjacent to an activating group) is 1. The van der Waals surface area contributed by atoms with Crippen LogP contribution in [0, 0.1) is 0 Å². The van der Waals surface area contributed by atoms with Crippen molar-refractivity contribution in [3.8, 4) is 11.3 Å². The first kappa shape index (κ1) is 17.2. The first-order valence-corrected chi connectivity index (χ1v) is 9.20. The van der Waals surface area contributed by atoms with Crippen LogP contribution in [0.1, 0.15) is 31.4 Å². The molecule has 0 atom stereocenters. The highest BCUT2D eigenvalue weighted by atomic mass is 35.5. The van der Waals surface area contributed by atoms with E-state index in [2.05, 4.69) is 46.4 Å². The third kappa shape index (κ3) is 3.87. The SMILES string of the molecule is CCN(CC)CCNc1cc2c(nn1)-c1cc(Cl)ccc1CCC2. The molecule has 1 N–H and O–H groups in total. The number of aryl methyl sites for hydroxylation is 2. The molecule has 2 aromatic rings. The number of anilines is 1. The first-order valence-electron chi connectivity index (χ1n) is 8.83. The van der Waals surface area contributed by atoms with Crippen LogP contribution in [0.2, 0.25) is 5.02 Å². The molecule has 3 rings (SSSR count). The minimum Gasteiger partial charge on any atom is -0.367 e. The maximum Gasteiger partial charge on any atom is 0.149 e. The van der Waals surface area contributed by atoms with Crippen molar-refractivity contribution < 1.29 is 0 Å². The minimum absolute atomic E-state index is 0.754. The highest BCUT2D eigenvalue weighted by Crippen LogP contribution is 2.33. The number of nitrogens with zero attached hydrogens (tertiary/aromatic N) is 3. The summed E-state index contributed by atoms with van der Waals surface area (Å²) in [6.45, 7) is 8.43. The van der Waals surface area contributed by atoms with E-state index in [1.54, 1.807) is 0 Å². The third-order valence-electron chi connectivity index (χ3n) is 4.72. The minimum atomic E-state index is 0.754. The molecule has 1 aliphatic carbocycles. The van der Waals surface area contributed by atoms with Gasteiger partial charge in [-0.25, -0.2) is 0 Å². The maximum absolute atomic E-state index is 6.19. The molecule has 0 radical (unpaired) electrons. The van der Waals surface area contributed by atoms with Gasteiger partial charge in [-0.1, -0.05) is 31.5 Å². The van der Waals surface area contributed by atoms with E-state index in [0.717, 1.165) is 67.5 Å². The van der Waals surface area contributed by atoms with Crippen LogP contribution >= 0.6 is 11.6 Å². The second kappa shape index (κ2) is 7.95. The standard InChI is InChI=1S/C19H25ClN4/c1-3-24(4-2)11-10-21-18-12-15-7-5-6-14-8-9-16(20)13-17(14)19(15)23-22-18/h8-9,12-13H,3-7,10-11H2,1-2H3,(H,21,22). The van der Waals surface area contributed by atoms with Gasteiger partial charge in [0, 0.05) is 23.7 Å². The average molecular weight is 345 g/mol.